The van der Waals surface area contributed by atoms with E-state index in [0.29, 0.717) is 19.6 Å². The summed E-state index contributed by atoms with van der Waals surface area (Å²) in [5.74, 6) is 0.642. The zero-order chi connectivity index (χ0) is 23.8. The molecule has 3 heterocycles. The molecule has 0 aliphatic carbocycles. The average molecular weight is 536 g/mol. The van der Waals surface area contributed by atoms with Crippen LogP contribution in [0.25, 0.3) is 11.3 Å². The summed E-state index contributed by atoms with van der Waals surface area (Å²) in [6.07, 6.45) is 2.34. The Kier molecular flexibility index (Phi) is 6.82. The number of aryl methyl sites for hydroxylation is 1. The summed E-state index contributed by atoms with van der Waals surface area (Å²) in [5, 5.41) is 0.00271. The summed E-state index contributed by atoms with van der Waals surface area (Å²) in [4.78, 5) is 35.2. The predicted octanol–water partition coefficient (Wildman–Crippen LogP) is 5.63. The lowest BCUT2D eigenvalue weighted by Gasteiger charge is -2.31. The first kappa shape index (κ1) is 24.1. The third-order valence-corrected chi connectivity index (χ3v) is 7.90. The largest absolute Gasteiger partial charge is 0.466 e. The number of amides is 1. The zero-order valence-corrected chi connectivity index (χ0v) is 21.8. The van der Waals surface area contributed by atoms with Gasteiger partial charge in [-0.3, -0.25) is 9.69 Å². The summed E-state index contributed by atoms with van der Waals surface area (Å²) in [5.41, 5.74) is 2.21. The van der Waals surface area contributed by atoms with E-state index < -0.39 is 5.60 Å². The number of thioether (sulfide) groups is 1. The summed E-state index contributed by atoms with van der Waals surface area (Å²) in [7, 11) is 0. The number of hydrogen-bond acceptors (Lipinski definition) is 6. The maximum Gasteiger partial charge on any atom is 0.411 e. The van der Waals surface area contributed by atoms with Crippen molar-refractivity contribution < 1.29 is 19.1 Å². The van der Waals surface area contributed by atoms with Crippen LogP contribution >= 0.6 is 27.7 Å². The third-order valence-electron chi connectivity index (χ3n) is 5.70. The van der Waals surface area contributed by atoms with Crippen LogP contribution in [0.3, 0.4) is 0 Å². The van der Waals surface area contributed by atoms with E-state index >= 15 is 0 Å². The first-order valence-corrected chi connectivity index (χ1v) is 13.0. The molecule has 2 aromatic rings. The van der Waals surface area contributed by atoms with Crippen molar-refractivity contribution in [3.63, 3.8) is 0 Å². The van der Waals surface area contributed by atoms with Crippen LogP contribution in [0.5, 0.6) is 0 Å². The van der Waals surface area contributed by atoms with E-state index in [1.54, 1.807) is 11.8 Å². The second-order valence-corrected chi connectivity index (χ2v) is 11.7. The van der Waals surface area contributed by atoms with Crippen molar-refractivity contribution in [3.05, 3.63) is 40.3 Å². The molecule has 2 saturated heterocycles. The fourth-order valence-electron chi connectivity index (χ4n) is 4.19. The summed E-state index contributed by atoms with van der Waals surface area (Å²) in [6, 6.07) is 8.00. The number of aromatic amines is 1. The number of ether oxygens (including phenoxy) is 2. The van der Waals surface area contributed by atoms with Crippen molar-refractivity contribution in [3.8, 4) is 11.3 Å². The van der Waals surface area contributed by atoms with E-state index in [-0.39, 0.29) is 28.6 Å². The quantitative estimate of drug-likeness (QED) is 0.380. The minimum atomic E-state index is -0.531. The molecule has 2 aliphatic rings. The highest BCUT2D eigenvalue weighted by atomic mass is 79.9. The number of nitrogens with one attached hydrogen (secondary N) is 1. The van der Waals surface area contributed by atoms with Gasteiger partial charge < -0.3 is 14.5 Å². The number of imidazole rings is 1. The summed E-state index contributed by atoms with van der Waals surface area (Å²) < 4.78 is 11.5. The highest BCUT2D eigenvalue weighted by molar-refractivity contribution is 9.10. The van der Waals surface area contributed by atoms with Gasteiger partial charge in [-0.15, -0.1) is 11.8 Å². The number of hydrogen-bond donors (Lipinski definition) is 1. The molecule has 4 rings (SSSR count). The Bertz CT molecular complexity index is 1030. The SMILES string of the molecule is CCOC(=O)CCc1[nH]c(C23CCCN(C(=O)OC(C)(C)C)C2S3)nc1-c1ccc(Br)cc1. The number of piperidine rings is 1. The van der Waals surface area contributed by atoms with Crippen LogP contribution in [0.2, 0.25) is 0 Å². The number of benzene rings is 1. The van der Waals surface area contributed by atoms with Gasteiger partial charge in [0.15, 0.2) is 0 Å². The Morgan fingerprint density at radius 1 is 1.30 bits per heavy atom. The highest BCUT2D eigenvalue weighted by Crippen LogP contribution is 2.66. The Balaban J connectivity index is 1.61. The third kappa shape index (κ3) is 5.24. The van der Waals surface area contributed by atoms with E-state index in [2.05, 4.69) is 20.9 Å². The normalized spacial score (nSPS) is 22.0. The minimum Gasteiger partial charge on any atom is -0.466 e. The Hall–Kier alpha value is -2.00. The standard InChI is InChI=1S/C24H30BrN3O4S/c1-5-31-18(29)12-11-17-19(15-7-9-16(25)10-8-15)27-20(26-17)24-13-6-14-28(21(24)33-24)22(30)32-23(2,3)4/h7-10,21H,5-6,11-14H2,1-4H3,(H,26,27). The molecule has 1 aromatic carbocycles. The fourth-order valence-corrected chi connectivity index (χ4v) is 5.93. The summed E-state index contributed by atoms with van der Waals surface area (Å²) >= 11 is 5.23. The first-order chi connectivity index (χ1) is 15.6. The van der Waals surface area contributed by atoms with E-state index in [0.717, 1.165) is 40.1 Å². The summed E-state index contributed by atoms with van der Waals surface area (Å²) in [6.45, 7) is 8.51. The first-order valence-electron chi connectivity index (χ1n) is 11.3. The molecular formula is C24H30BrN3O4S. The van der Waals surface area contributed by atoms with Gasteiger partial charge in [0.25, 0.3) is 0 Å². The molecule has 33 heavy (non-hydrogen) atoms. The van der Waals surface area contributed by atoms with Crippen LogP contribution in [0, 0.1) is 0 Å². The van der Waals surface area contributed by atoms with Crippen molar-refractivity contribution in [1.82, 2.24) is 14.9 Å². The molecule has 0 radical (unpaired) electrons. The van der Waals surface area contributed by atoms with Gasteiger partial charge in [-0.05, 0) is 52.7 Å². The van der Waals surface area contributed by atoms with Gasteiger partial charge in [0.05, 0.1) is 18.7 Å². The molecule has 1 N–H and O–H groups in total. The van der Waals surface area contributed by atoms with Crippen LogP contribution in [0.1, 0.15) is 58.5 Å². The lowest BCUT2D eigenvalue weighted by Crippen LogP contribution is -2.44. The number of carbonyl (C=O) groups is 2. The molecule has 9 heteroatoms. The lowest BCUT2D eigenvalue weighted by molar-refractivity contribution is -0.143. The van der Waals surface area contributed by atoms with Crippen LogP contribution < -0.4 is 0 Å². The lowest BCUT2D eigenvalue weighted by atomic mass is 9.97. The molecular weight excluding hydrogens is 506 g/mol. The van der Waals surface area contributed by atoms with Gasteiger partial charge in [-0.1, -0.05) is 28.1 Å². The number of fused-ring (bicyclic) bond motifs is 1. The van der Waals surface area contributed by atoms with E-state index in [1.807, 2.05) is 56.9 Å². The Morgan fingerprint density at radius 2 is 2.03 bits per heavy atom. The van der Waals surface area contributed by atoms with Crippen molar-refractivity contribution in [2.75, 3.05) is 13.2 Å². The minimum absolute atomic E-state index is 0.00271. The second-order valence-electron chi connectivity index (χ2n) is 9.36. The average Bonchev–Trinajstić information content (AvgIpc) is 3.35. The molecule has 1 amide bonds. The van der Waals surface area contributed by atoms with Gasteiger partial charge in [0, 0.05) is 28.7 Å². The number of aromatic nitrogens is 2. The van der Waals surface area contributed by atoms with Gasteiger partial charge in [-0.25, -0.2) is 9.78 Å². The van der Waals surface area contributed by atoms with Gasteiger partial charge >= 0.3 is 12.1 Å². The van der Waals surface area contributed by atoms with Crippen LogP contribution in [0.15, 0.2) is 28.7 Å². The molecule has 0 bridgehead atoms. The molecule has 7 nitrogen and oxygen atoms in total. The number of esters is 1. The fraction of sp³-hybridized carbons (Fsp3) is 0.542. The van der Waals surface area contributed by atoms with Crippen molar-refractivity contribution in [2.45, 2.75) is 69.1 Å². The maximum absolute atomic E-state index is 12.8. The molecule has 178 valence electrons. The molecule has 0 spiro atoms. The van der Waals surface area contributed by atoms with Gasteiger partial charge in [0.1, 0.15) is 21.5 Å². The zero-order valence-electron chi connectivity index (χ0n) is 19.4. The highest BCUT2D eigenvalue weighted by Gasteiger charge is 2.65. The van der Waals surface area contributed by atoms with Crippen molar-refractivity contribution >= 4 is 39.8 Å². The number of rotatable bonds is 6. The number of likely N-dealkylation sites (tertiary alicyclic amines) is 1. The topological polar surface area (TPSA) is 84.5 Å². The second kappa shape index (κ2) is 9.33. The molecule has 0 saturated carbocycles. The molecule has 2 fully saturated rings. The monoisotopic (exact) mass is 535 g/mol. The molecule has 2 atom stereocenters. The van der Waals surface area contributed by atoms with Crippen molar-refractivity contribution in [2.24, 2.45) is 0 Å². The van der Waals surface area contributed by atoms with E-state index in [9.17, 15) is 9.59 Å². The number of nitrogens with zero attached hydrogens (tertiary/aromatic N) is 2. The predicted molar refractivity (Wildman–Crippen MR) is 132 cm³/mol. The maximum atomic E-state index is 12.8. The number of halogens is 1. The van der Waals surface area contributed by atoms with Gasteiger partial charge in [0.2, 0.25) is 0 Å². The number of carbonyl (C=O) groups excluding carboxylic acids is 2. The molecule has 2 aliphatic heterocycles. The Labute approximate surface area is 207 Å². The molecule has 2 unspecified atom stereocenters. The van der Waals surface area contributed by atoms with Crippen molar-refractivity contribution in [1.29, 1.82) is 0 Å². The Morgan fingerprint density at radius 3 is 2.70 bits per heavy atom. The smallest absolute Gasteiger partial charge is 0.411 e. The van der Waals surface area contributed by atoms with Gasteiger partial charge in [-0.2, -0.15) is 0 Å². The van der Waals surface area contributed by atoms with Crippen LogP contribution in [-0.2, 0) is 25.4 Å². The van der Waals surface area contributed by atoms with Crippen LogP contribution in [0.4, 0.5) is 4.79 Å². The van der Waals surface area contributed by atoms with Crippen LogP contribution in [-0.4, -0.2) is 51.1 Å². The number of H-pyrrole nitrogens is 1. The van der Waals surface area contributed by atoms with E-state index in [4.69, 9.17) is 14.5 Å². The molecule has 1 aromatic heterocycles. The van der Waals surface area contributed by atoms with E-state index in [1.165, 1.54) is 0 Å².